The van der Waals surface area contributed by atoms with Gasteiger partial charge in [0.1, 0.15) is 0 Å². The number of nitrogens with one attached hydrogen (secondary N) is 1. The Morgan fingerprint density at radius 1 is 1.05 bits per heavy atom. The molecule has 2 fully saturated rings. The zero-order valence-corrected chi connectivity index (χ0v) is 21.9. The van der Waals surface area contributed by atoms with Gasteiger partial charge >= 0.3 is 0 Å². The molecule has 8 nitrogen and oxygen atoms in total. The molecule has 2 heterocycles. The first-order valence-electron chi connectivity index (χ1n) is 13.5. The minimum Gasteiger partial charge on any atom is -0.493 e. The van der Waals surface area contributed by atoms with Crippen LogP contribution in [0.15, 0.2) is 36.4 Å². The van der Waals surface area contributed by atoms with E-state index < -0.39 is 0 Å². The first kappa shape index (κ1) is 25.4. The van der Waals surface area contributed by atoms with Crippen LogP contribution in [0.5, 0.6) is 11.5 Å². The Morgan fingerprint density at radius 3 is 2.51 bits per heavy atom. The van der Waals surface area contributed by atoms with Crippen molar-refractivity contribution >= 4 is 18.0 Å². The zero-order valence-electron chi connectivity index (χ0n) is 21.9. The molecule has 2 aromatic carbocycles. The van der Waals surface area contributed by atoms with Crippen LogP contribution in [0.4, 0.5) is 5.69 Å². The van der Waals surface area contributed by atoms with Gasteiger partial charge in [0.15, 0.2) is 11.5 Å². The van der Waals surface area contributed by atoms with E-state index in [0.717, 1.165) is 68.2 Å². The number of carbonyl (C=O) groups is 2. The molecular weight excluding hydrogens is 468 g/mol. The summed E-state index contributed by atoms with van der Waals surface area (Å²) in [6.45, 7) is 5.31. The number of fused-ring (bicyclic) bond motifs is 1. The minimum absolute atomic E-state index is 0.0630. The molecule has 5 rings (SSSR count). The molecule has 198 valence electrons. The monoisotopic (exact) mass is 506 g/mol. The molecule has 2 amide bonds. The van der Waals surface area contributed by atoms with Crippen molar-refractivity contribution in [1.29, 1.82) is 0 Å². The van der Waals surface area contributed by atoms with Crippen LogP contribution in [0.3, 0.4) is 0 Å². The van der Waals surface area contributed by atoms with Crippen molar-refractivity contribution in [1.82, 2.24) is 15.1 Å². The molecule has 1 saturated heterocycles. The van der Waals surface area contributed by atoms with Crippen LogP contribution in [0.25, 0.3) is 0 Å². The van der Waals surface area contributed by atoms with Gasteiger partial charge < -0.3 is 24.6 Å². The molecule has 3 aliphatic rings. The smallest absolute Gasteiger partial charge is 0.255 e. The summed E-state index contributed by atoms with van der Waals surface area (Å²) in [5, 5.41) is 2.75. The molecule has 1 saturated carbocycles. The zero-order chi connectivity index (χ0) is 25.8. The van der Waals surface area contributed by atoms with Crippen LogP contribution in [-0.4, -0.2) is 75.1 Å². The number of anilines is 1. The maximum Gasteiger partial charge on any atom is 0.255 e. The lowest BCUT2D eigenvalue weighted by Gasteiger charge is -2.44. The highest BCUT2D eigenvalue weighted by molar-refractivity contribution is 6.00. The Labute approximate surface area is 219 Å². The number of carbonyl (C=O) groups excluding carboxylic acids is 2. The second-order valence-corrected chi connectivity index (χ2v) is 10.2. The van der Waals surface area contributed by atoms with E-state index in [4.69, 9.17) is 9.47 Å². The maximum atomic E-state index is 13.8. The standard InChI is InChI=1S/C29H38N4O4/c1-36-27-12-11-21(18-28(27)37-2)25(10-5-13-30-20-34)33-19-24-23(29(33)35)8-4-9-26(24)32-16-14-31(15-17-32)22-6-3-7-22/h4,8-9,11-12,18,20,22,25H,3,5-7,10,13-17,19H2,1-2H3,(H,30,34)/t25-/m1/s1. The number of nitrogens with zero attached hydrogens (tertiary/aromatic N) is 3. The van der Waals surface area contributed by atoms with Gasteiger partial charge in [-0.2, -0.15) is 0 Å². The Balaban J connectivity index is 1.38. The maximum absolute atomic E-state index is 13.8. The molecule has 0 radical (unpaired) electrons. The summed E-state index contributed by atoms with van der Waals surface area (Å²) in [5.74, 6) is 1.37. The van der Waals surface area contributed by atoms with Crippen LogP contribution >= 0.6 is 0 Å². The highest BCUT2D eigenvalue weighted by Crippen LogP contribution is 2.40. The number of benzene rings is 2. The lowest BCUT2D eigenvalue weighted by molar-refractivity contribution is -0.109. The van der Waals surface area contributed by atoms with Crippen LogP contribution in [0.2, 0.25) is 0 Å². The molecule has 1 aliphatic carbocycles. The highest BCUT2D eigenvalue weighted by atomic mass is 16.5. The third-order valence-corrected chi connectivity index (χ3v) is 8.27. The average Bonchev–Trinajstić information content (AvgIpc) is 3.24. The lowest BCUT2D eigenvalue weighted by Crippen LogP contribution is -2.52. The van der Waals surface area contributed by atoms with Crippen LogP contribution in [0.1, 0.15) is 59.6 Å². The van der Waals surface area contributed by atoms with Crippen molar-refractivity contribution < 1.29 is 19.1 Å². The Bertz CT molecular complexity index is 1110. The molecule has 0 spiro atoms. The van der Waals surface area contributed by atoms with Crippen LogP contribution in [0, 0.1) is 0 Å². The average molecular weight is 507 g/mol. The lowest BCUT2D eigenvalue weighted by atomic mass is 9.91. The normalized spacial score (nSPS) is 18.8. The van der Waals surface area contributed by atoms with Crippen LogP contribution in [-0.2, 0) is 11.3 Å². The third-order valence-electron chi connectivity index (χ3n) is 8.27. The number of piperazine rings is 1. The highest BCUT2D eigenvalue weighted by Gasteiger charge is 2.36. The first-order valence-corrected chi connectivity index (χ1v) is 13.5. The SMILES string of the molecule is COc1ccc([C@@H](CCCNC=O)N2Cc3c(cccc3N3CCN(C4CCC4)CC3)C2=O)cc1OC. The van der Waals surface area contributed by atoms with Gasteiger partial charge in [-0.05, 0) is 55.5 Å². The van der Waals surface area contributed by atoms with Gasteiger partial charge in [-0.3, -0.25) is 14.5 Å². The molecule has 1 atom stereocenters. The van der Waals surface area contributed by atoms with Gasteiger partial charge in [0.05, 0.1) is 20.3 Å². The number of methoxy groups -OCH3 is 2. The Morgan fingerprint density at radius 2 is 1.84 bits per heavy atom. The van der Waals surface area contributed by atoms with E-state index in [9.17, 15) is 9.59 Å². The molecule has 0 bridgehead atoms. The second-order valence-electron chi connectivity index (χ2n) is 10.2. The van der Waals surface area contributed by atoms with Gasteiger partial charge in [0, 0.05) is 62.1 Å². The van der Waals surface area contributed by atoms with Gasteiger partial charge in [-0.1, -0.05) is 18.6 Å². The number of hydrogen-bond acceptors (Lipinski definition) is 6. The Kier molecular flexibility index (Phi) is 7.84. The molecular formula is C29H38N4O4. The summed E-state index contributed by atoms with van der Waals surface area (Å²) >= 11 is 0. The molecule has 2 aromatic rings. The fourth-order valence-electron chi connectivity index (χ4n) is 5.98. The fraction of sp³-hybridized carbons (Fsp3) is 0.517. The van der Waals surface area contributed by atoms with Gasteiger partial charge in [0.25, 0.3) is 5.91 Å². The minimum atomic E-state index is -0.142. The molecule has 0 unspecified atom stereocenters. The molecule has 37 heavy (non-hydrogen) atoms. The number of amides is 2. The molecule has 1 N–H and O–H groups in total. The first-order chi connectivity index (χ1) is 18.1. The van der Waals surface area contributed by atoms with E-state index in [-0.39, 0.29) is 11.9 Å². The summed E-state index contributed by atoms with van der Waals surface area (Å²) in [7, 11) is 3.24. The van der Waals surface area contributed by atoms with E-state index in [1.807, 2.05) is 35.2 Å². The Hall–Kier alpha value is -3.26. The van der Waals surface area contributed by atoms with E-state index >= 15 is 0 Å². The largest absolute Gasteiger partial charge is 0.493 e. The van der Waals surface area contributed by atoms with E-state index in [1.165, 1.54) is 24.9 Å². The van der Waals surface area contributed by atoms with Crippen molar-refractivity contribution in [2.24, 2.45) is 0 Å². The molecule has 0 aromatic heterocycles. The second kappa shape index (κ2) is 11.4. The van der Waals surface area contributed by atoms with Crippen molar-refractivity contribution in [2.45, 2.75) is 50.7 Å². The van der Waals surface area contributed by atoms with Crippen molar-refractivity contribution in [3.05, 3.63) is 53.1 Å². The van der Waals surface area contributed by atoms with E-state index in [2.05, 4.69) is 21.2 Å². The predicted octanol–water partition coefficient (Wildman–Crippen LogP) is 3.60. The van der Waals surface area contributed by atoms with Crippen molar-refractivity contribution in [3.8, 4) is 11.5 Å². The predicted molar refractivity (Wildman–Crippen MR) is 143 cm³/mol. The van der Waals surface area contributed by atoms with E-state index in [1.54, 1.807) is 14.2 Å². The van der Waals surface area contributed by atoms with Crippen LogP contribution < -0.4 is 19.7 Å². The summed E-state index contributed by atoms with van der Waals surface area (Å²) < 4.78 is 11.0. The quantitative estimate of drug-likeness (QED) is 0.371. The summed E-state index contributed by atoms with van der Waals surface area (Å²) in [6.07, 6.45) is 6.24. The summed E-state index contributed by atoms with van der Waals surface area (Å²) in [4.78, 5) is 31.6. The topological polar surface area (TPSA) is 74.4 Å². The van der Waals surface area contributed by atoms with Gasteiger partial charge in [-0.15, -0.1) is 0 Å². The fourth-order valence-corrected chi connectivity index (χ4v) is 5.98. The van der Waals surface area contributed by atoms with E-state index in [0.29, 0.717) is 24.6 Å². The van der Waals surface area contributed by atoms with Crippen molar-refractivity contribution in [3.63, 3.8) is 0 Å². The third kappa shape index (κ3) is 5.12. The van der Waals surface area contributed by atoms with Crippen molar-refractivity contribution in [2.75, 3.05) is 51.8 Å². The van der Waals surface area contributed by atoms with Gasteiger partial charge in [0.2, 0.25) is 6.41 Å². The summed E-state index contributed by atoms with van der Waals surface area (Å²) in [6, 6.07) is 12.7. The summed E-state index contributed by atoms with van der Waals surface area (Å²) in [5.41, 5.74) is 4.12. The molecule has 2 aliphatic heterocycles. The number of hydrogen-bond donors (Lipinski definition) is 1. The number of rotatable bonds is 11. The molecule has 8 heteroatoms. The number of ether oxygens (including phenoxy) is 2. The van der Waals surface area contributed by atoms with Gasteiger partial charge in [-0.25, -0.2) is 0 Å².